The molecule has 1 N–H and O–H groups in total. The van der Waals surface area contributed by atoms with Gasteiger partial charge in [0.25, 0.3) is 5.91 Å². The number of piperidine rings is 1. The van der Waals surface area contributed by atoms with E-state index in [1.54, 1.807) is 17.0 Å². The molecular weight excluding hydrogens is 400 g/mol. The lowest BCUT2D eigenvalue weighted by Crippen LogP contribution is -2.46. The van der Waals surface area contributed by atoms with E-state index in [1.165, 1.54) is 0 Å². The Kier molecular flexibility index (Phi) is 6.33. The van der Waals surface area contributed by atoms with Gasteiger partial charge in [0.2, 0.25) is 5.91 Å². The van der Waals surface area contributed by atoms with Crippen molar-refractivity contribution in [2.75, 3.05) is 19.7 Å². The average Bonchev–Trinajstić information content (AvgIpc) is 3.09. The topological polar surface area (TPSA) is 71.8 Å². The minimum atomic E-state index is -0.114. The number of nitrogens with zero attached hydrogens (tertiary/aromatic N) is 1. The van der Waals surface area contributed by atoms with Gasteiger partial charge in [-0.1, -0.05) is 18.2 Å². The Morgan fingerprint density at radius 3 is 2.54 bits per heavy atom. The van der Waals surface area contributed by atoms with Crippen LogP contribution in [0.5, 0.6) is 5.75 Å². The number of nitrogens with one attached hydrogen (secondary N) is 1. The number of halogens is 1. The summed E-state index contributed by atoms with van der Waals surface area (Å²) in [7, 11) is 0. The summed E-state index contributed by atoms with van der Waals surface area (Å²) in [5.41, 5.74) is 0. The molecule has 2 heterocycles. The first-order valence-electron chi connectivity index (χ1n) is 8.63. The van der Waals surface area contributed by atoms with Crippen molar-refractivity contribution in [3.8, 4) is 5.75 Å². The molecule has 3 rings (SSSR count). The van der Waals surface area contributed by atoms with Crippen molar-refractivity contribution >= 4 is 27.7 Å². The lowest BCUT2D eigenvalue weighted by molar-refractivity contribution is -0.122. The summed E-state index contributed by atoms with van der Waals surface area (Å²) in [4.78, 5) is 26.1. The molecule has 26 heavy (non-hydrogen) atoms. The van der Waals surface area contributed by atoms with Gasteiger partial charge in [0.05, 0.1) is 13.0 Å². The summed E-state index contributed by atoms with van der Waals surface area (Å²) in [6.07, 6.45) is 1.78. The molecule has 1 aromatic heterocycles. The Morgan fingerprint density at radius 1 is 1.15 bits per heavy atom. The number of ether oxygens (including phenoxy) is 1. The second-order valence-corrected chi connectivity index (χ2v) is 6.93. The van der Waals surface area contributed by atoms with E-state index < -0.39 is 0 Å². The lowest BCUT2D eigenvalue weighted by Gasteiger charge is -2.31. The Bertz CT molecular complexity index is 739. The number of benzene rings is 1. The molecule has 1 saturated heterocycles. The monoisotopic (exact) mass is 420 g/mol. The van der Waals surface area contributed by atoms with Crippen molar-refractivity contribution in [2.45, 2.75) is 25.3 Å². The van der Waals surface area contributed by atoms with Crippen molar-refractivity contribution < 1.29 is 18.7 Å². The van der Waals surface area contributed by atoms with Gasteiger partial charge in [-0.3, -0.25) is 9.59 Å². The highest BCUT2D eigenvalue weighted by atomic mass is 79.9. The third-order valence-electron chi connectivity index (χ3n) is 4.27. The molecule has 2 aromatic rings. The Morgan fingerprint density at radius 2 is 1.88 bits per heavy atom. The minimum absolute atomic E-state index is 0.0272. The van der Waals surface area contributed by atoms with Crippen LogP contribution >= 0.6 is 15.9 Å². The zero-order chi connectivity index (χ0) is 18.4. The van der Waals surface area contributed by atoms with Crippen molar-refractivity contribution in [1.29, 1.82) is 0 Å². The van der Waals surface area contributed by atoms with Crippen LogP contribution in [-0.2, 0) is 4.79 Å². The number of furan rings is 1. The number of para-hydroxylation sites is 1. The van der Waals surface area contributed by atoms with Crippen LogP contribution in [0.3, 0.4) is 0 Å². The van der Waals surface area contributed by atoms with E-state index in [4.69, 9.17) is 9.15 Å². The highest BCUT2D eigenvalue weighted by Gasteiger charge is 2.26. The molecule has 1 aliphatic rings. The van der Waals surface area contributed by atoms with Crippen LogP contribution in [0, 0.1) is 0 Å². The largest absolute Gasteiger partial charge is 0.493 e. The summed E-state index contributed by atoms with van der Waals surface area (Å²) in [5.74, 6) is 0.950. The van der Waals surface area contributed by atoms with Gasteiger partial charge in [0.1, 0.15) is 5.75 Å². The SMILES string of the molecule is O=C(CCOc1ccccc1)NC1CCN(C(=O)c2ccc(Br)o2)CC1. The van der Waals surface area contributed by atoms with Crippen LogP contribution in [0.2, 0.25) is 0 Å². The average molecular weight is 421 g/mol. The van der Waals surface area contributed by atoms with Gasteiger partial charge in [0.15, 0.2) is 10.4 Å². The van der Waals surface area contributed by atoms with E-state index in [0.29, 0.717) is 36.5 Å². The molecule has 1 fully saturated rings. The van der Waals surface area contributed by atoms with E-state index >= 15 is 0 Å². The molecule has 7 heteroatoms. The third kappa shape index (κ3) is 5.11. The number of hydrogen-bond donors (Lipinski definition) is 1. The second kappa shape index (κ2) is 8.89. The highest BCUT2D eigenvalue weighted by molar-refractivity contribution is 9.10. The zero-order valence-electron chi connectivity index (χ0n) is 14.3. The van der Waals surface area contributed by atoms with Gasteiger partial charge in [-0.2, -0.15) is 0 Å². The minimum Gasteiger partial charge on any atom is -0.493 e. The maximum atomic E-state index is 12.3. The molecule has 6 nitrogen and oxygen atoms in total. The summed E-state index contributed by atoms with van der Waals surface area (Å²) in [6, 6.07) is 12.9. The maximum absolute atomic E-state index is 12.3. The van der Waals surface area contributed by atoms with E-state index in [-0.39, 0.29) is 17.9 Å². The van der Waals surface area contributed by atoms with Crippen LogP contribution < -0.4 is 10.1 Å². The van der Waals surface area contributed by atoms with Crippen molar-refractivity contribution in [3.63, 3.8) is 0 Å². The van der Waals surface area contributed by atoms with Gasteiger partial charge in [-0.25, -0.2) is 0 Å². The first-order valence-corrected chi connectivity index (χ1v) is 9.43. The van der Waals surface area contributed by atoms with E-state index in [2.05, 4.69) is 21.2 Å². The number of hydrogen-bond acceptors (Lipinski definition) is 4. The number of carbonyl (C=O) groups excluding carboxylic acids is 2. The summed E-state index contributed by atoms with van der Waals surface area (Å²) in [6.45, 7) is 1.55. The van der Waals surface area contributed by atoms with Crippen LogP contribution in [0.1, 0.15) is 29.8 Å². The smallest absolute Gasteiger partial charge is 0.289 e. The zero-order valence-corrected chi connectivity index (χ0v) is 15.9. The van der Waals surface area contributed by atoms with Crippen molar-refractivity contribution in [1.82, 2.24) is 10.2 Å². The Hall–Kier alpha value is -2.28. The fourth-order valence-electron chi connectivity index (χ4n) is 2.89. The fraction of sp³-hybridized carbons (Fsp3) is 0.368. The molecule has 2 amide bonds. The summed E-state index contributed by atoms with van der Waals surface area (Å²) in [5, 5.41) is 3.02. The van der Waals surface area contributed by atoms with E-state index in [0.717, 1.165) is 18.6 Å². The number of likely N-dealkylation sites (tertiary alicyclic amines) is 1. The number of amides is 2. The standard InChI is InChI=1S/C19H21BrN2O4/c20-17-7-6-16(26-17)19(24)22-11-8-14(9-12-22)21-18(23)10-13-25-15-4-2-1-3-5-15/h1-7,14H,8-13H2,(H,21,23). The van der Waals surface area contributed by atoms with Crippen LogP contribution in [0.4, 0.5) is 0 Å². The highest BCUT2D eigenvalue weighted by Crippen LogP contribution is 2.18. The predicted molar refractivity (Wildman–Crippen MR) is 100 cm³/mol. The van der Waals surface area contributed by atoms with Crippen LogP contribution in [-0.4, -0.2) is 42.5 Å². The number of rotatable bonds is 6. The molecule has 1 aliphatic heterocycles. The van der Waals surface area contributed by atoms with Crippen molar-refractivity contribution in [2.24, 2.45) is 0 Å². The van der Waals surface area contributed by atoms with Crippen LogP contribution in [0.15, 0.2) is 51.6 Å². The van der Waals surface area contributed by atoms with Crippen molar-refractivity contribution in [3.05, 3.63) is 52.9 Å². The molecule has 0 aliphatic carbocycles. The van der Waals surface area contributed by atoms with Gasteiger partial charge in [0, 0.05) is 19.1 Å². The quantitative estimate of drug-likeness (QED) is 0.778. The maximum Gasteiger partial charge on any atom is 0.289 e. The summed E-state index contributed by atoms with van der Waals surface area (Å²) >= 11 is 3.20. The molecule has 0 radical (unpaired) electrons. The van der Waals surface area contributed by atoms with Crippen LogP contribution in [0.25, 0.3) is 0 Å². The number of carbonyl (C=O) groups is 2. The normalized spacial score (nSPS) is 14.9. The molecule has 138 valence electrons. The predicted octanol–water partition coefficient (Wildman–Crippen LogP) is 3.23. The molecular formula is C19H21BrN2O4. The molecule has 0 bridgehead atoms. The first kappa shape index (κ1) is 18.5. The Labute approximate surface area is 160 Å². The van der Waals surface area contributed by atoms with E-state index in [1.807, 2.05) is 30.3 Å². The molecule has 0 spiro atoms. The fourth-order valence-corrected chi connectivity index (χ4v) is 3.20. The molecule has 1 aromatic carbocycles. The Balaban J connectivity index is 1.37. The second-order valence-electron chi connectivity index (χ2n) is 6.15. The lowest BCUT2D eigenvalue weighted by atomic mass is 10.0. The van der Waals surface area contributed by atoms with Gasteiger partial charge in [-0.15, -0.1) is 0 Å². The first-order chi connectivity index (χ1) is 12.6. The van der Waals surface area contributed by atoms with E-state index in [9.17, 15) is 9.59 Å². The molecule has 0 atom stereocenters. The van der Waals surface area contributed by atoms with Gasteiger partial charge >= 0.3 is 0 Å². The van der Waals surface area contributed by atoms with Gasteiger partial charge < -0.3 is 19.4 Å². The third-order valence-corrected chi connectivity index (χ3v) is 4.70. The molecule has 0 unspecified atom stereocenters. The molecule has 0 saturated carbocycles. The summed E-state index contributed by atoms with van der Waals surface area (Å²) < 4.78 is 11.4. The van der Waals surface area contributed by atoms with Gasteiger partial charge in [-0.05, 0) is 53.0 Å².